The van der Waals surface area contributed by atoms with Crippen LogP contribution in [0.5, 0.6) is 11.5 Å². The average molecular weight is 450 g/mol. The predicted molar refractivity (Wildman–Crippen MR) is 124 cm³/mol. The van der Waals surface area contributed by atoms with Crippen molar-refractivity contribution in [3.8, 4) is 22.9 Å². The SMILES string of the molecule is CCCCCOc1ccccc1/C=c1/sc2nc(-c3ccccc3OC(C)=O)nn2c1=O. The largest absolute Gasteiger partial charge is 0.493 e. The van der Waals surface area contributed by atoms with Crippen molar-refractivity contribution in [3.05, 3.63) is 69.0 Å². The monoisotopic (exact) mass is 449 g/mol. The summed E-state index contributed by atoms with van der Waals surface area (Å²) in [5.41, 5.74) is 1.13. The van der Waals surface area contributed by atoms with Gasteiger partial charge < -0.3 is 9.47 Å². The number of unbranched alkanes of at least 4 members (excludes halogenated alkanes) is 2. The first-order chi connectivity index (χ1) is 15.6. The van der Waals surface area contributed by atoms with E-state index < -0.39 is 5.97 Å². The van der Waals surface area contributed by atoms with Crippen LogP contribution in [-0.4, -0.2) is 27.2 Å². The van der Waals surface area contributed by atoms with E-state index in [0.29, 0.717) is 33.2 Å². The van der Waals surface area contributed by atoms with E-state index in [-0.39, 0.29) is 5.56 Å². The van der Waals surface area contributed by atoms with Gasteiger partial charge in [0.2, 0.25) is 4.96 Å². The van der Waals surface area contributed by atoms with Gasteiger partial charge in [-0.15, -0.1) is 5.10 Å². The molecule has 0 spiro atoms. The van der Waals surface area contributed by atoms with Crippen LogP contribution in [0.3, 0.4) is 0 Å². The highest BCUT2D eigenvalue weighted by Gasteiger charge is 2.16. The average Bonchev–Trinajstić information content (AvgIpc) is 3.31. The van der Waals surface area contributed by atoms with E-state index >= 15 is 0 Å². The molecule has 0 fully saturated rings. The standard InChI is InChI=1S/C24H23N3O4S/c1-3-4-9-14-30-19-12-7-5-10-17(19)15-21-23(29)27-24(32-21)25-22(26-27)18-11-6-8-13-20(18)31-16(2)28/h5-8,10-13,15H,3-4,9,14H2,1-2H3/b21-15+. The molecule has 2 aromatic carbocycles. The topological polar surface area (TPSA) is 82.8 Å². The van der Waals surface area contributed by atoms with Crippen LogP contribution in [-0.2, 0) is 4.79 Å². The molecule has 4 rings (SSSR count). The van der Waals surface area contributed by atoms with E-state index in [2.05, 4.69) is 17.0 Å². The molecule has 2 heterocycles. The van der Waals surface area contributed by atoms with E-state index in [1.807, 2.05) is 30.3 Å². The molecule has 2 aromatic heterocycles. The number of carbonyl (C=O) groups is 1. The van der Waals surface area contributed by atoms with E-state index in [9.17, 15) is 9.59 Å². The Morgan fingerprint density at radius 1 is 1.09 bits per heavy atom. The molecule has 164 valence electrons. The molecule has 32 heavy (non-hydrogen) atoms. The minimum atomic E-state index is -0.435. The minimum absolute atomic E-state index is 0.255. The number of para-hydroxylation sites is 2. The highest BCUT2D eigenvalue weighted by atomic mass is 32.1. The highest BCUT2D eigenvalue weighted by molar-refractivity contribution is 7.15. The number of ether oxygens (including phenoxy) is 2. The fourth-order valence-electron chi connectivity index (χ4n) is 3.25. The molecule has 0 saturated heterocycles. The Morgan fingerprint density at radius 3 is 2.59 bits per heavy atom. The number of nitrogens with zero attached hydrogens (tertiary/aromatic N) is 3. The summed E-state index contributed by atoms with van der Waals surface area (Å²) in [6.07, 6.45) is 5.05. The van der Waals surface area contributed by atoms with E-state index in [4.69, 9.17) is 9.47 Å². The Morgan fingerprint density at radius 2 is 1.84 bits per heavy atom. The fourth-order valence-corrected chi connectivity index (χ4v) is 4.15. The molecule has 0 radical (unpaired) electrons. The third-order valence-electron chi connectivity index (χ3n) is 4.77. The van der Waals surface area contributed by atoms with Crippen LogP contribution in [0.15, 0.2) is 53.3 Å². The first kappa shape index (κ1) is 21.7. The van der Waals surface area contributed by atoms with Crippen molar-refractivity contribution in [2.24, 2.45) is 0 Å². The van der Waals surface area contributed by atoms with Gasteiger partial charge in [0, 0.05) is 12.5 Å². The number of rotatable bonds is 8. The molecule has 0 amide bonds. The zero-order valence-corrected chi connectivity index (χ0v) is 18.7. The van der Waals surface area contributed by atoms with Crippen LogP contribution in [0.4, 0.5) is 0 Å². The van der Waals surface area contributed by atoms with Crippen molar-refractivity contribution in [1.29, 1.82) is 0 Å². The Hall–Kier alpha value is -3.52. The number of esters is 1. The third-order valence-corrected chi connectivity index (χ3v) is 5.73. The predicted octanol–water partition coefficient (Wildman–Crippen LogP) is 3.86. The Kier molecular flexibility index (Phi) is 6.61. The maximum Gasteiger partial charge on any atom is 0.308 e. The van der Waals surface area contributed by atoms with Gasteiger partial charge in [0.15, 0.2) is 5.82 Å². The van der Waals surface area contributed by atoms with Crippen LogP contribution in [0.2, 0.25) is 0 Å². The molecule has 7 nitrogen and oxygen atoms in total. The first-order valence-electron chi connectivity index (χ1n) is 10.5. The van der Waals surface area contributed by atoms with Gasteiger partial charge in [-0.25, -0.2) is 0 Å². The second-order valence-electron chi connectivity index (χ2n) is 7.23. The molecule has 8 heteroatoms. The molecule has 4 aromatic rings. The van der Waals surface area contributed by atoms with Crippen molar-refractivity contribution >= 4 is 28.3 Å². The number of hydrogen-bond acceptors (Lipinski definition) is 7. The van der Waals surface area contributed by atoms with Gasteiger partial charge in [-0.2, -0.15) is 9.50 Å². The van der Waals surface area contributed by atoms with Gasteiger partial charge >= 0.3 is 5.97 Å². The molecule has 0 N–H and O–H groups in total. The molecule has 0 aliphatic rings. The Labute approximate surface area is 188 Å². The lowest BCUT2D eigenvalue weighted by atomic mass is 10.2. The molecule has 0 unspecified atom stereocenters. The molecule has 0 atom stereocenters. The second kappa shape index (κ2) is 9.74. The van der Waals surface area contributed by atoms with E-state index in [0.717, 1.165) is 30.6 Å². The van der Waals surface area contributed by atoms with Gasteiger partial charge in [-0.05, 0) is 30.7 Å². The van der Waals surface area contributed by atoms with Crippen LogP contribution in [0, 0.1) is 0 Å². The number of hydrogen-bond donors (Lipinski definition) is 0. The van der Waals surface area contributed by atoms with Crippen molar-refractivity contribution in [3.63, 3.8) is 0 Å². The lowest BCUT2D eigenvalue weighted by Gasteiger charge is -2.08. The summed E-state index contributed by atoms with van der Waals surface area (Å²) in [5.74, 6) is 0.997. The summed E-state index contributed by atoms with van der Waals surface area (Å²) in [4.78, 5) is 29.3. The lowest BCUT2D eigenvalue weighted by Crippen LogP contribution is -2.23. The third kappa shape index (κ3) is 4.70. The number of thiazole rings is 1. The molecule has 0 aliphatic heterocycles. The molecule has 0 bridgehead atoms. The summed E-state index contributed by atoms with van der Waals surface area (Å²) in [6, 6.07) is 14.6. The zero-order valence-electron chi connectivity index (χ0n) is 17.9. The van der Waals surface area contributed by atoms with Crippen LogP contribution in [0.1, 0.15) is 38.7 Å². The van der Waals surface area contributed by atoms with Gasteiger partial charge in [0.25, 0.3) is 5.56 Å². The van der Waals surface area contributed by atoms with Crippen molar-refractivity contribution < 1.29 is 14.3 Å². The first-order valence-corrected chi connectivity index (χ1v) is 11.3. The van der Waals surface area contributed by atoms with Crippen LogP contribution >= 0.6 is 11.3 Å². The quantitative estimate of drug-likeness (QED) is 0.231. The number of benzene rings is 2. The highest BCUT2D eigenvalue weighted by Crippen LogP contribution is 2.28. The number of carbonyl (C=O) groups excluding carboxylic acids is 1. The van der Waals surface area contributed by atoms with Crippen molar-refractivity contribution in [1.82, 2.24) is 14.6 Å². The second-order valence-corrected chi connectivity index (χ2v) is 8.24. The Balaban J connectivity index is 1.68. The van der Waals surface area contributed by atoms with Gasteiger partial charge in [0.1, 0.15) is 11.5 Å². The van der Waals surface area contributed by atoms with Gasteiger partial charge in [0.05, 0.1) is 16.7 Å². The molecular formula is C24H23N3O4S. The molecular weight excluding hydrogens is 426 g/mol. The minimum Gasteiger partial charge on any atom is -0.493 e. The summed E-state index contributed by atoms with van der Waals surface area (Å²) in [6.45, 7) is 4.13. The smallest absolute Gasteiger partial charge is 0.308 e. The maximum atomic E-state index is 13.0. The number of aromatic nitrogens is 3. The normalized spacial score (nSPS) is 11.8. The van der Waals surface area contributed by atoms with Gasteiger partial charge in [-0.3, -0.25) is 9.59 Å². The molecule has 0 aliphatic carbocycles. The zero-order chi connectivity index (χ0) is 22.5. The lowest BCUT2D eigenvalue weighted by molar-refractivity contribution is -0.131. The fraction of sp³-hybridized carbons (Fsp3) is 0.250. The molecule has 0 saturated carbocycles. The summed E-state index contributed by atoms with van der Waals surface area (Å²) >= 11 is 1.25. The van der Waals surface area contributed by atoms with Crippen LogP contribution < -0.4 is 19.6 Å². The van der Waals surface area contributed by atoms with Gasteiger partial charge in [-0.1, -0.05) is 61.4 Å². The Bertz CT molecular complexity index is 1360. The summed E-state index contributed by atoms with van der Waals surface area (Å²) in [5, 5.41) is 4.37. The van der Waals surface area contributed by atoms with Crippen molar-refractivity contribution in [2.45, 2.75) is 33.1 Å². The number of fused-ring (bicyclic) bond motifs is 1. The van der Waals surface area contributed by atoms with Crippen molar-refractivity contribution in [2.75, 3.05) is 6.61 Å². The summed E-state index contributed by atoms with van der Waals surface area (Å²) < 4.78 is 13.0. The van der Waals surface area contributed by atoms with Crippen LogP contribution in [0.25, 0.3) is 22.4 Å². The maximum absolute atomic E-state index is 13.0. The van der Waals surface area contributed by atoms with E-state index in [1.165, 1.54) is 22.8 Å². The summed E-state index contributed by atoms with van der Waals surface area (Å²) in [7, 11) is 0. The van der Waals surface area contributed by atoms with E-state index in [1.54, 1.807) is 24.3 Å².